The number of carboxylic acids is 1. The lowest BCUT2D eigenvalue weighted by Gasteiger charge is -2.22. The second-order valence-electron chi connectivity index (χ2n) is 11.2. The van der Waals surface area contributed by atoms with E-state index in [1.54, 1.807) is 6.07 Å². The van der Waals surface area contributed by atoms with Crippen LogP contribution in [-0.2, 0) is 6.54 Å². The van der Waals surface area contributed by atoms with E-state index in [1.807, 2.05) is 23.6 Å². The lowest BCUT2D eigenvalue weighted by Crippen LogP contribution is -2.24. The van der Waals surface area contributed by atoms with Gasteiger partial charge < -0.3 is 19.1 Å². The minimum absolute atomic E-state index is 0.183. The Morgan fingerprint density at radius 2 is 1.92 bits per heavy atom. The fourth-order valence-electron chi connectivity index (χ4n) is 6.41. The fourth-order valence-corrected chi connectivity index (χ4v) is 6.41. The van der Waals surface area contributed by atoms with Crippen molar-refractivity contribution in [2.75, 3.05) is 18.0 Å². The summed E-state index contributed by atoms with van der Waals surface area (Å²) < 4.78 is 7.72. The Morgan fingerprint density at radius 3 is 2.62 bits per heavy atom. The van der Waals surface area contributed by atoms with Gasteiger partial charge in [-0.15, -0.1) is 0 Å². The molecule has 3 fully saturated rings. The van der Waals surface area contributed by atoms with Crippen LogP contribution < -0.4 is 10.3 Å². The normalized spacial score (nSPS) is 22.1. The maximum absolute atomic E-state index is 12.7. The van der Waals surface area contributed by atoms with Gasteiger partial charge in [-0.05, 0) is 68.2 Å². The number of aromatic nitrogens is 2. The van der Waals surface area contributed by atoms with Crippen molar-refractivity contribution >= 4 is 28.6 Å². The number of allylic oxidation sites excluding steroid dienone is 1. The highest BCUT2D eigenvalue weighted by molar-refractivity contribution is 5.93. The summed E-state index contributed by atoms with van der Waals surface area (Å²) >= 11 is 0. The number of carboxylic acid groups (broad SMARTS) is 1. The van der Waals surface area contributed by atoms with Crippen molar-refractivity contribution in [2.45, 2.75) is 39.2 Å². The Morgan fingerprint density at radius 1 is 1.15 bits per heavy atom. The third-order valence-electron chi connectivity index (χ3n) is 8.85. The molecule has 4 aromatic rings. The Hall–Kier alpha value is -4.13. The first-order valence-corrected chi connectivity index (χ1v) is 13.8. The molecule has 39 heavy (non-hydrogen) atoms. The number of carbonyl (C=O) groups is 1. The summed E-state index contributed by atoms with van der Waals surface area (Å²) in [6.07, 6.45) is 8.43. The number of benzene rings is 2. The van der Waals surface area contributed by atoms with E-state index < -0.39 is 11.4 Å². The quantitative estimate of drug-likeness (QED) is 0.323. The zero-order valence-corrected chi connectivity index (χ0v) is 22.1. The van der Waals surface area contributed by atoms with Gasteiger partial charge in [0.2, 0.25) is 5.43 Å². The number of hydrogen-bond acceptors (Lipinski definition) is 5. The second-order valence-corrected chi connectivity index (χ2v) is 11.2. The zero-order valence-electron chi connectivity index (χ0n) is 22.1. The van der Waals surface area contributed by atoms with Crippen molar-refractivity contribution in [1.29, 1.82) is 0 Å². The molecule has 7 nitrogen and oxygen atoms in total. The molecule has 0 spiro atoms. The minimum atomic E-state index is -1.19. The van der Waals surface area contributed by atoms with Crippen LogP contribution in [0.5, 0.6) is 0 Å². The minimum Gasteiger partial charge on any atom is -0.477 e. The van der Waals surface area contributed by atoms with E-state index in [0.29, 0.717) is 35.6 Å². The number of rotatable bonds is 7. The molecule has 2 aromatic carbocycles. The fraction of sp³-hybridized carbons (Fsp3) is 0.344. The molecule has 1 aliphatic heterocycles. The predicted octanol–water partition coefficient (Wildman–Crippen LogP) is 5.96. The molecule has 3 heterocycles. The highest BCUT2D eigenvalue weighted by atomic mass is 16.5. The van der Waals surface area contributed by atoms with Gasteiger partial charge in [-0.3, -0.25) is 4.79 Å². The van der Waals surface area contributed by atoms with Gasteiger partial charge in [-0.25, -0.2) is 4.79 Å². The Kier molecular flexibility index (Phi) is 5.51. The molecule has 3 aliphatic rings. The van der Waals surface area contributed by atoms with Crippen molar-refractivity contribution in [1.82, 2.24) is 9.72 Å². The number of hydrogen-bond donors (Lipinski definition) is 1. The van der Waals surface area contributed by atoms with Crippen molar-refractivity contribution in [2.24, 2.45) is 17.8 Å². The van der Waals surface area contributed by atoms with Gasteiger partial charge in [-0.1, -0.05) is 41.6 Å². The maximum Gasteiger partial charge on any atom is 0.341 e. The van der Waals surface area contributed by atoms with E-state index in [-0.39, 0.29) is 5.56 Å². The van der Waals surface area contributed by atoms with Crippen LogP contribution >= 0.6 is 0 Å². The first-order valence-electron chi connectivity index (χ1n) is 13.8. The number of piperidine rings is 1. The molecule has 2 saturated carbocycles. The van der Waals surface area contributed by atoms with E-state index in [0.717, 1.165) is 46.9 Å². The number of anilines is 1. The molecule has 0 amide bonds. The highest BCUT2D eigenvalue weighted by Crippen LogP contribution is 2.54. The lowest BCUT2D eigenvalue weighted by atomic mass is 9.99. The average Bonchev–Trinajstić information content (AvgIpc) is 3.80. The second kappa shape index (κ2) is 8.97. The van der Waals surface area contributed by atoms with Gasteiger partial charge in [0.05, 0.1) is 5.52 Å². The van der Waals surface area contributed by atoms with Gasteiger partial charge in [-0.2, -0.15) is 0 Å². The Balaban J connectivity index is 1.11. The smallest absolute Gasteiger partial charge is 0.341 e. The molecule has 198 valence electrons. The molecule has 0 radical (unpaired) electrons. The van der Waals surface area contributed by atoms with Gasteiger partial charge in [0, 0.05) is 53.9 Å². The summed E-state index contributed by atoms with van der Waals surface area (Å²) in [6, 6.07) is 14.1. The number of nitrogens with zero attached hydrogens (tertiary/aromatic N) is 3. The SMILES string of the molecule is CCn1cc(C(=O)O)c(=O)c2ccc(N3CC4C(/C=C/c5c(-c6ccccc6C)noc5C5CC5)C4C3)cc21. The van der Waals surface area contributed by atoms with Crippen molar-refractivity contribution in [3.05, 3.63) is 87.4 Å². The molecular formula is C32H31N3O4. The van der Waals surface area contributed by atoms with Gasteiger partial charge >= 0.3 is 5.97 Å². The van der Waals surface area contributed by atoms with Crippen LogP contribution in [-0.4, -0.2) is 33.9 Å². The molecule has 1 saturated heterocycles. The first kappa shape index (κ1) is 23.9. The van der Waals surface area contributed by atoms with Crippen LogP contribution in [0.4, 0.5) is 5.69 Å². The summed E-state index contributed by atoms with van der Waals surface area (Å²) in [4.78, 5) is 26.6. The number of fused-ring (bicyclic) bond motifs is 2. The molecular weight excluding hydrogens is 490 g/mol. The van der Waals surface area contributed by atoms with Crippen LogP contribution in [0.15, 0.2) is 64.1 Å². The maximum atomic E-state index is 12.7. The number of pyridine rings is 1. The van der Waals surface area contributed by atoms with Crippen molar-refractivity contribution in [3.8, 4) is 11.3 Å². The molecule has 2 aromatic heterocycles. The highest BCUT2D eigenvalue weighted by Gasteiger charge is 2.54. The van der Waals surface area contributed by atoms with Crippen LogP contribution in [0.3, 0.4) is 0 Å². The third-order valence-corrected chi connectivity index (χ3v) is 8.85. The first-order chi connectivity index (χ1) is 18.9. The van der Waals surface area contributed by atoms with Crippen LogP contribution in [0, 0.1) is 24.7 Å². The van der Waals surface area contributed by atoms with E-state index in [4.69, 9.17) is 4.52 Å². The Bertz CT molecular complexity index is 1700. The summed E-state index contributed by atoms with van der Waals surface area (Å²) in [5.74, 6) is 2.08. The van der Waals surface area contributed by atoms with E-state index in [1.165, 1.54) is 24.6 Å². The van der Waals surface area contributed by atoms with Crippen molar-refractivity contribution < 1.29 is 14.4 Å². The molecule has 2 aliphatic carbocycles. The van der Waals surface area contributed by atoms with E-state index in [2.05, 4.69) is 53.4 Å². The Labute approximate surface area is 226 Å². The zero-order chi connectivity index (χ0) is 26.8. The molecule has 2 atom stereocenters. The average molecular weight is 522 g/mol. The summed E-state index contributed by atoms with van der Waals surface area (Å²) in [7, 11) is 0. The van der Waals surface area contributed by atoms with Gasteiger partial charge in [0.25, 0.3) is 0 Å². The predicted molar refractivity (Wildman–Crippen MR) is 151 cm³/mol. The molecule has 7 heteroatoms. The molecule has 1 N–H and O–H groups in total. The molecule has 0 bridgehead atoms. The van der Waals surface area contributed by atoms with Gasteiger partial charge in [0.1, 0.15) is 17.0 Å². The summed E-state index contributed by atoms with van der Waals surface area (Å²) in [5.41, 5.74) is 5.68. The molecule has 7 rings (SSSR count). The van der Waals surface area contributed by atoms with Gasteiger partial charge in [0.15, 0.2) is 0 Å². The number of aryl methyl sites for hydroxylation is 2. The van der Waals surface area contributed by atoms with Crippen LogP contribution in [0.2, 0.25) is 0 Å². The van der Waals surface area contributed by atoms with E-state index in [9.17, 15) is 14.7 Å². The largest absolute Gasteiger partial charge is 0.477 e. The summed E-state index contributed by atoms with van der Waals surface area (Å²) in [5, 5.41) is 14.4. The van der Waals surface area contributed by atoms with Crippen LogP contribution in [0.25, 0.3) is 28.2 Å². The van der Waals surface area contributed by atoms with Crippen molar-refractivity contribution in [3.63, 3.8) is 0 Å². The third kappa shape index (κ3) is 3.99. The molecule has 2 unspecified atom stereocenters. The lowest BCUT2D eigenvalue weighted by molar-refractivity contribution is 0.0695. The monoisotopic (exact) mass is 521 g/mol. The standard InChI is InChI=1S/C32H31N3O4/c1-3-34-17-27(32(37)38)30(36)23-11-10-20(14-28(23)34)35-15-25-22(26(25)16-35)12-13-24-29(21-7-5-4-6-18(21)2)33-39-31(24)19-8-9-19/h4-7,10-14,17,19,22,25-26H,3,8-9,15-16H2,1-2H3,(H,37,38)/b13-12+. The van der Waals surface area contributed by atoms with Crippen LogP contribution in [0.1, 0.15) is 52.9 Å². The van der Waals surface area contributed by atoms with E-state index >= 15 is 0 Å². The summed E-state index contributed by atoms with van der Waals surface area (Å²) in [6.45, 7) is 6.61. The topological polar surface area (TPSA) is 88.6 Å². The number of aromatic carboxylic acids is 1.